The maximum atomic E-state index is 8.39. The highest BCUT2D eigenvalue weighted by Crippen LogP contribution is 2.18. The molecule has 0 aliphatic heterocycles. The summed E-state index contributed by atoms with van der Waals surface area (Å²) in [5.74, 6) is 0. The fourth-order valence-corrected chi connectivity index (χ4v) is 1.16. The van der Waals surface area contributed by atoms with Gasteiger partial charge in [0.1, 0.15) is 5.00 Å². The predicted octanol–water partition coefficient (Wildman–Crippen LogP) is 1.67. The molecule has 0 bridgehead atoms. The lowest BCUT2D eigenvalue weighted by molar-refractivity contribution is 1.23. The molecule has 0 saturated heterocycles. The van der Waals surface area contributed by atoms with Crippen molar-refractivity contribution >= 4 is 16.3 Å². The Labute approximate surface area is 58.0 Å². The first kappa shape index (κ1) is 6.12. The highest BCUT2D eigenvalue weighted by atomic mass is 32.1. The summed E-state index contributed by atoms with van der Waals surface area (Å²) in [5, 5.41) is 11.3. The summed E-state index contributed by atoms with van der Waals surface area (Å²) in [6.07, 6.45) is 2.01. The molecule has 0 unspecified atom stereocenters. The number of hydrogen-bond acceptors (Lipinski definition) is 3. The molecule has 2 nitrogen and oxygen atoms in total. The maximum Gasteiger partial charge on any atom is 0.184 e. The number of hydrogen-bond donors (Lipinski definition) is 0. The molecule has 1 heterocycles. The highest BCUT2D eigenvalue weighted by Gasteiger charge is 1.95. The summed E-state index contributed by atoms with van der Waals surface area (Å²) in [6.45, 7) is 0. The Hall–Kier alpha value is -1.01. The molecule has 1 aromatic heterocycles. The normalized spacial score (nSPS) is 8.44. The van der Waals surface area contributed by atoms with E-state index in [1.165, 1.54) is 4.90 Å². The number of anilines is 1. The molecule has 0 radical (unpaired) electrons. The molecule has 46 valence electrons. The summed E-state index contributed by atoms with van der Waals surface area (Å²) >= 11 is 1.56. The van der Waals surface area contributed by atoms with Crippen LogP contribution in [0.2, 0.25) is 0 Å². The van der Waals surface area contributed by atoms with Crippen LogP contribution in [-0.2, 0) is 0 Å². The van der Waals surface area contributed by atoms with Crippen LogP contribution in [0.4, 0.5) is 5.00 Å². The van der Waals surface area contributed by atoms with E-state index >= 15 is 0 Å². The zero-order valence-corrected chi connectivity index (χ0v) is 5.85. The van der Waals surface area contributed by atoms with Crippen LogP contribution >= 0.6 is 11.3 Å². The first-order valence-corrected chi connectivity index (χ1v) is 3.39. The summed E-state index contributed by atoms with van der Waals surface area (Å²) < 4.78 is 0. The van der Waals surface area contributed by atoms with Gasteiger partial charge >= 0.3 is 0 Å². The molecule has 3 heteroatoms. The Morgan fingerprint density at radius 2 is 2.56 bits per heavy atom. The lowest BCUT2D eigenvalue weighted by Crippen LogP contribution is -2.04. The van der Waals surface area contributed by atoms with E-state index in [0.29, 0.717) is 0 Å². The zero-order chi connectivity index (χ0) is 6.69. The minimum absolute atomic E-state index is 0.984. The molecule has 0 aliphatic carbocycles. The second-order valence-corrected chi connectivity index (χ2v) is 2.54. The fourth-order valence-electron chi connectivity index (χ4n) is 0.510. The van der Waals surface area contributed by atoms with E-state index in [-0.39, 0.29) is 0 Å². The van der Waals surface area contributed by atoms with E-state index in [4.69, 9.17) is 5.26 Å². The molecule has 0 atom stereocenters. The third-order valence-electron chi connectivity index (χ3n) is 0.987. The van der Waals surface area contributed by atoms with Gasteiger partial charge in [-0.25, -0.2) is 0 Å². The van der Waals surface area contributed by atoms with Crippen molar-refractivity contribution in [2.45, 2.75) is 0 Å². The second kappa shape index (κ2) is 2.51. The number of nitrogens with zero attached hydrogens (tertiary/aromatic N) is 2. The quantitative estimate of drug-likeness (QED) is 0.436. The van der Waals surface area contributed by atoms with E-state index in [9.17, 15) is 0 Å². The van der Waals surface area contributed by atoms with Gasteiger partial charge in [0.2, 0.25) is 0 Å². The van der Waals surface area contributed by atoms with E-state index in [0.717, 1.165) is 5.00 Å². The van der Waals surface area contributed by atoms with Crippen LogP contribution in [0.1, 0.15) is 0 Å². The Morgan fingerprint density at radius 1 is 1.78 bits per heavy atom. The predicted molar refractivity (Wildman–Crippen MR) is 38.3 cm³/mol. The molecule has 0 saturated carbocycles. The molecule has 0 spiro atoms. The van der Waals surface area contributed by atoms with Crippen molar-refractivity contribution in [2.24, 2.45) is 0 Å². The third-order valence-corrected chi connectivity index (χ3v) is 1.93. The van der Waals surface area contributed by atoms with Crippen molar-refractivity contribution in [1.29, 1.82) is 5.26 Å². The molecule has 0 N–H and O–H groups in total. The third kappa shape index (κ3) is 1.21. The first-order valence-electron chi connectivity index (χ1n) is 2.51. The Morgan fingerprint density at radius 3 is 3.00 bits per heavy atom. The van der Waals surface area contributed by atoms with Gasteiger partial charge in [-0.15, -0.1) is 11.3 Å². The van der Waals surface area contributed by atoms with Crippen molar-refractivity contribution in [3.63, 3.8) is 0 Å². The average Bonchev–Trinajstić information content (AvgIpc) is 2.37. The molecular weight excluding hydrogens is 132 g/mol. The van der Waals surface area contributed by atoms with Crippen LogP contribution in [0, 0.1) is 11.5 Å². The van der Waals surface area contributed by atoms with Gasteiger partial charge in [0.05, 0.1) is 0 Å². The molecule has 0 fully saturated rings. The Balaban J connectivity index is 2.80. The van der Waals surface area contributed by atoms with Crippen molar-refractivity contribution in [1.82, 2.24) is 0 Å². The second-order valence-electron chi connectivity index (χ2n) is 1.61. The van der Waals surface area contributed by atoms with E-state index in [1.807, 2.05) is 23.7 Å². The van der Waals surface area contributed by atoms with Crippen LogP contribution in [0.15, 0.2) is 17.5 Å². The molecule has 0 amide bonds. The van der Waals surface area contributed by atoms with Crippen molar-refractivity contribution in [2.75, 3.05) is 11.9 Å². The van der Waals surface area contributed by atoms with Gasteiger partial charge in [-0.3, -0.25) is 4.90 Å². The lowest BCUT2D eigenvalue weighted by Gasteiger charge is -2.01. The minimum atomic E-state index is 0.984. The van der Waals surface area contributed by atoms with Crippen molar-refractivity contribution in [3.8, 4) is 6.19 Å². The SMILES string of the molecule is CN(C#N)c1cccs1. The zero-order valence-electron chi connectivity index (χ0n) is 5.03. The first-order chi connectivity index (χ1) is 4.34. The molecular formula is C6H6N2S. The molecule has 0 aliphatic rings. The maximum absolute atomic E-state index is 8.39. The Kier molecular flexibility index (Phi) is 1.71. The van der Waals surface area contributed by atoms with E-state index in [2.05, 4.69) is 0 Å². The molecule has 9 heavy (non-hydrogen) atoms. The summed E-state index contributed by atoms with van der Waals surface area (Å²) in [4.78, 5) is 1.53. The van der Waals surface area contributed by atoms with Crippen LogP contribution < -0.4 is 4.90 Å². The summed E-state index contributed by atoms with van der Waals surface area (Å²) in [6, 6.07) is 3.84. The largest absolute Gasteiger partial charge is 0.273 e. The van der Waals surface area contributed by atoms with Crippen molar-refractivity contribution < 1.29 is 0 Å². The van der Waals surface area contributed by atoms with Gasteiger partial charge in [0, 0.05) is 7.05 Å². The lowest BCUT2D eigenvalue weighted by atomic mass is 10.6. The monoisotopic (exact) mass is 138 g/mol. The van der Waals surface area contributed by atoms with Gasteiger partial charge in [-0.05, 0) is 17.5 Å². The molecule has 1 aromatic rings. The Bertz CT molecular complexity index is 209. The van der Waals surface area contributed by atoms with Crippen LogP contribution in [-0.4, -0.2) is 7.05 Å². The van der Waals surface area contributed by atoms with Crippen molar-refractivity contribution in [3.05, 3.63) is 17.5 Å². The molecule has 0 aromatic carbocycles. The minimum Gasteiger partial charge on any atom is -0.273 e. The van der Waals surface area contributed by atoms with Crippen LogP contribution in [0.5, 0.6) is 0 Å². The number of rotatable bonds is 1. The van der Waals surface area contributed by atoms with Gasteiger partial charge < -0.3 is 0 Å². The van der Waals surface area contributed by atoms with Gasteiger partial charge in [0.15, 0.2) is 6.19 Å². The fraction of sp³-hybridized carbons (Fsp3) is 0.167. The van der Waals surface area contributed by atoms with Gasteiger partial charge in [0.25, 0.3) is 0 Å². The van der Waals surface area contributed by atoms with E-state index < -0.39 is 0 Å². The summed E-state index contributed by atoms with van der Waals surface area (Å²) in [7, 11) is 1.74. The van der Waals surface area contributed by atoms with Crippen LogP contribution in [0.3, 0.4) is 0 Å². The average molecular weight is 138 g/mol. The standard InChI is InChI=1S/C6H6N2S/c1-8(5-7)6-3-2-4-9-6/h2-4H,1H3. The van der Waals surface area contributed by atoms with Crippen LogP contribution in [0.25, 0.3) is 0 Å². The number of nitriles is 1. The number of thiophene rings is 1. The molecule has 1 rings (SSSR count). The smallest absolute Gasteiger partial charge is 0.184 e. The highest BCUT2D eigenvalue weighted by molar-refractivity contribution is 7.14. The van der Waals surface area contributed by atoms with Gasteiger partial charge in [-0.1, -0.05) is 0 Å². The van der Waals surface area contributed by atoms with E-state index in [1.54, 1.807) is 18.4 Å². The van der Waals surface area contributed by atoms with Gasteiger partial charge in [-0.2, -0.15) is 5.26 Å². The summed E-state index contributed by atoms with van der Waals surface area (Å²) in [5.41, 5.74) is 0. The topological polar surface area (TPSA) is 27.0 Å².